The topological polar surface area (TPSA) is 117 Å². The zero-order chi connectivity index (χ0) is 25.2. The van der Waals surface area contributed by atoms with Gasteiger partial charge in [0.1, 0.15) is 10.6 Å². The number of sulfone groups is 1. The lowest BCUT2D eigenvalue weighted by Gasteiger charge is -2.40. The first kappa shape index (κ1) is 25.7. The summed E-state index contributed by atoms with van der Waals surface area (Å²) in [4.78, 5) is 11.8. The number of nitrogens with one attached hydrogen (secondary N) is 2. The van der Waals surface area contributed by atoms with Crippen LogP contribution in [0, 0.1) is 0 Å². The van der Waals surface area contributed by atoms with Crippen LogP contribution in [0.3, 0.4) is 0 Å². The number of hydrogen-bond acceptors (Lipinski definition) is 8. The van der Waals surface area contributed by atoms with E-state index in [9.17, 15) is 13.5 Å². The Morgan fingerprint density at radius 3 is 2.60 bits per heavy atom. The summed E-state index contributed by atoms with van der Waals surface area (Å²) in [5.41, 5.74) is 2.13. The molecular weight excluding hydrogens is 486 g/mol. The standard InChI is InChI=1S/C24H33N5O4S2/c1-16(14-30)25-23(34)26-19-7-5-18(6-8-19)22-27-20(24(9-4-10-24)35(3,31)32)13-21(28-22)29-11-12-33-15-17(29)2/h5-8,13,16-17,30H,4,9-12,14-15H2,1-3H3,(H2,25,26,34)/t16-,17+/m1/s1. The van der Waals surface area contributed by atoms with Crippen molar-refractivity contribution in [3.63, 3.8) is 0 Å². The first-order valence-electron chi connectivity index (χ1n) is 11.9. The predicted molar refractivity (Wildman–Crippen MR) is 141 cm³/mol. The summed E-state index contributed by atoms with van der Waals surface area (Å²) in [5.74, 6) is 1.22. The van der Waals surface area contributed by atoms with Crippen LogP contribution < -0.4 is 15.5 Å². The van der Waals surface area contributed by atoms with E-state index in [0.29, 0.717) is 49.2 Å². The average Bonchev–Trinajstić information content (AvgIpc) is 2.77. The van der Waals surface area contributed by atoms with Gasteiger partial charge in [0.05, 0.1) is 31.6 Å². The van der Waals surface area contributed by atoms with E-state index < -0.39 is 14.6 Å². The molecule has 35 heavy (non-hydrogen) atoms. The molecule has 1 saturated heterocycles. The van der Waals surface area contributed by atoms with Crippen molar-refractivity contribution in [2.75, 3.05) is 42.8 Å². The van der Waals surface area contributed by atoms with Crippen molar-refractivity contribution in [2.24, 2.45) is 0 Å². The van der Waals surface area contributed by atoms with E-state index in [0.717, 1.165) is 23.5 Å². The average molecular weight is 520 g/mol. The maximum atomic E-state index is 12.8. The fourth-order valence-corrected chi connectivity index (χ4v) is 6.30. The van der Waals surface area contributed by atoms with Crippen molar-refractivity contribution in [3.8, 4) is 11.4 Å². The summed E-state index contributed by atoms with van der Waals surface area (Å²) in [6.45, 7) is 5.76. The molecule has 2 atom stereocenters. The fourth-order valence-electron chi connectivity index (χ4n) is 4.47. The molecule has 0 radical (unpaired) electrons. The van der Waals surface area contributed by atoms with Crippen LogP contribution in [0.4, 0.5) is 11.5 Å². The van der Waals surface area contributed by atoms with Crippen LogP contribution >= 0.6 is 12.2 Å². The molecule has 0 unspecified atom stereocenters. The second-order valence-corrected chi connectivity index (χ2v) is 12.2. The maximum Gasteiger partial charge on any atom is 0.171 e. The van der Waals surface area contributed by atoms with E-state index in [1.165, 1.54) is 6.26 Å². The summed E-state index contributed by atoms with van der Waals surface area (Å²) >= 11 is 5.29. The van der Waals surface area contributed by atoms with Gasteiger partial charge in [-0.05, 0) is 69.6 Å². The third-order valence-corrected chi connectivity index (χ3v) is 9.02. The SMILES string of the molecule is C[C@H](CO)NC(=S)Nc1ccc(-c2nc(N3CCOC[C@@H]3C)cc(C3(S(C)(=O)=O)CCC3)n2)cc1. The highest BCUT2D eigenvalue weighted by Crippen LogP contribution is 2.48. The summed E-state index contributed by atoms with van der Waals surface area (Å²) in [6.07, 6.45) is 3.30. The van der Waals surface area contributed by atoms with Crippen LogP contribution in [0.1, 0.15) is 38.8 Å². The normalized spacial score (nSPS) is 20.6. The molecule has 190 valence electrons. The minimum absolute atomic E-state index is 0.0203. The first-order valence-corrected chi connectivity index (χ1v) is 14.2. The molecule has 9 nitrogen and oxygen atoms in total. The molecular formula is C24H33N5O4S2. The van der Waals surface area contributed by atoms with Crippen LogP contribution in [-0.4, -0.2) is 73.3 Å². The number of anilines is 2. The number of aliphatic hydroxyl groups excluding tert-OH is 1. The van der Waals surface area contributed by atoms with Crippen LogP contribution in [0.5, 0.6) is 0 Å². The van der Waals surface area contributed by atoms with Gasteiger partial charge in [-0.3, -0.25) is 0 Å². The Bertz CT molecular complexity index is 1170. The molecule has 0 spiro atoms. The minimum atomic E-state index is -3.36. The molecule has 4 rings (SSSR count). The number of hydrogen-bond donors (Lipinski definition) is 3. The molecule has 1 aromatic heterocycles. The molecule has 1 aliphatic heterocycles. The summed E-state index contributed by atoms with van der Waals surface area (Å²) < 4.78 is 30.3. The molecule has 2 aliphatic rings. The van der Waals surface area contributed by atoms with Crippen molar-refractivity contribution in [2.45, 2.75) is 49.9 Å². The van der Waals surface area contributed by atoms with Gasteiger partial charge < -0.3 is 25.4 Å². The van der Waals surface area contributed by atoms with Crippen molar-refractivity contribution in [1.82, 2.24) is 15.3 Å². The number of benzene rings is 1. The largest absolute Gasteiger partial charge is 0.394 e. The highest BCUT2D eigenvalue weighted by molar-refractivity contribution is 7.91. The van der Waals surface area contributed by atoms with Gasteiger partial charge >= 0.3 is 0 Å². The second-order valence-electron chi connectivity index (χ2n) is 9.43. The summed E-state index contributed by atoms with van der Waals surface area (Å²) in [5, 5.41) is 15.7. The first-order chi connectivity index (χ1) is 16.6. The van der Waals surface area contributed by atoms with Crippen LogP contribution in [0.2, 0.25) is 0 Å². The maximum absolute atomic E-state index is 12.8. The van der Waals surface area contributed by atoms with Crippen LogP contribution in [-0.2, 0) is 19.3 Å². The fraction of sp³-hybridized carbons (Fsp3) is 0.542. The monoisotopic (exact) mass is 519 g/mol. The van der Waals surface area contributed by atoms with E-state index in [2.05, 4.69) is 22.5 Å². The minimum Gasteiger partial charge on any atom is -0.394 e. The number of morpholine rings is 1. The second kappa shape index (κ2) is 10.3. The Labute approximate surface area is 212 Å². The summed E-state index contributed by atoms with van der Waals surface area (Å²) in [6, 6.07) is 9.34. The van der Waals surface area contributed by atoms with E-state index >= 15 is 0 Å². The smallest absolute Gasteiger partial charge is 0.171 e. The van der Waals surface area contributed by atoms with Gasteiger partial charge in [-0.15, -0.1) is 0 Å². The van der Waals surface area contributed by atoms with Crippen molar-refractivity contribution >= 4 is 38.7 Å². The Morgan fingerprint density at radius 1 is 1.31 bits per heavy atom. The van der Waals surface area contributed by atoms with Gasteiger partial charge in [0, 0.05) is 36.2 Å². The highest BCUT2D eigenvalue weighted by Gasteiger charge is 2.49. The van der Waals surface area contributed by atoms with E-state index in [1.807, 2.05) is 37.3 Å². The molecule has 1 saturated carbocycles. The number of aromatic nitrogens is 2. The number of nitrogens with zero attached hydrogens (tertiary/aromatic N) is 3. The number of rotatable bonds is 7. The van der Waals surface area contributed by atoms with Gasteiger partial charge in [0.15, 0.2) is 20.8 Å². The van der Waals surface area contributed by atoms with Crippen molar-refractivity contribution in [3.05, 3.63) is 36.0 Å². The van der Waals surface area contributed by atoms with Crippen molar-refractivity contribution in [1.29, 1.82) is 0 Å². The molecule has 0 bridgehead atoms. The molecule has 11 heteroatoms. The van der Waals surface area contributed by atoms with Gasteiger partial charge in [-0.25, -0.2) is 18.4 Å². The number of ether oxygens (including phenoxy) is 1. The van der Waals surface area contributed by atoms with Gasteiger partial charge in [-0.1, -0.05) is 0 Å². The lowest BCUT2D eigenvalue weighted by Crippen LogP contribution is -2.45. The van der Waals surface area contributed by atoms with Gasteiger partial charge in [0.25, 0.3) is 0 Å². The highest BCUT2D eigenvalue weighted by atomic mass is 32.2. The molecule has 2 aromatic rings. The Kier molecular flexibility index (Phi) is 7.60. The molecule has 1 aromatic carbocycles. The number of aliphatic hydroxyl groups is 1. The lowest BCUT2D eigenvalue weighted by atomic mass is 9.81. The number of thiocarbonyl (C=S) groups is 1. The molecule has 1 aliphatic carbocycles. The van der Waals surface area contributed by atoms with Crippen molar-refractivity contribution < 1.29 is 18.3 Å². The van der Waals surface area contributed by atoms with E-state index in [4.69, 9.17) is 26.9 Å². The Morgan fingerprint density at radius 2 is 2.03 bits per heavy atom. The van der Waals surface area contributed by atoms with E-state index in [-0.39, 0.29) is 18.7 Å². The lowest BCUT2D eigenvalue weighted by molar-refractivity contribution is 0.0985. The summed E-state index contributed by atoms with van der Waals surface area (Å²) in [7, 11) is -3.36. The zero-order valence-electron chi connectivity index (χ0n) is 20.3. The quantitative estimate of drug-likeness (QED) is 0.471. The van der Waals surface area contributed by atoms with Crippen LogP contribution in [0.25, 0.3) is 11.4 Å². The Balaban J connectivity index is 1.69. The molecule has 3 N–H and O–H groups in total. The van der Waals surface area contributed by atoms with Gasteiger partial charge in [0.2, 0.25) is 0 Å². The molecule has 2 heterocycles. The van der Waals surface area contributed by atoms with E-state index in [1.54, 1.807) is 0 Å². The van der Waals surface area contributed by atoms with Gasteiger partial charge in [-0.2, -0.15) is 0 Å². The molecule has 0 amide bonds. The third-order valence-electron chi connectivity index (χ3n) is 6.76. The molecule has 2 fully saturated rings. The zero-order valence-corrected chi connectivity index (χ0v) is 22.0. The van der Waals surface area contributed by atoms with Crippen LogP contribution in [0.15, 0.2) is 30.3 Å². The Hall–Kier alpha value is -2.34. The third kappa shape index (κ3) is 5.42. The predicted octanol–water partition coefficient (Wildman–Crippen LogP) is 2.46.